The van der Waals surface area contributed by atoms with Gasteiger partial charge in [0.2, 0.25) is 0 Å². The molecule has 1 amide bonds. The minimum Gasteiger partial charge on any atom is -0.346 e. The van der Waals surface area contributed by atoms with E-state index in [-0.39, 0.29) is 5.91 Å². The Labute approximate surface area is 127 Å². The molecule has 0 saturated heterocycles. The van der Waals surface area contributed by atoms with Crippen molar-refractivity contribution in [2.45, 2.75) is 6.54 Å². The minimum atomic E-state index is -0.164. The van der Waals surface area contributed by atoms with E-state index in [1.807, 2.05) is 24.3 Å². The predicted molar refractivity (Wildman–Crippen MR) is 79.6 cm³/mol. The van der Waals surface area contributed by atoms with Crippen molar-refractivity contribution < 1.29 is 4.79 Å². The van der Waals surface area contributed by atoms with Crippen molar-refractivity contribution in [1.29, 1.82) is 0 Å². The van der Waals surface area contributed by atoms with Crippen molar-refractivity contribution in [2.75, 3.05) is 0 Å². The number of aryl methyl sites for hydroxylation is 1. The first-order chi connectivity index (χ1) is 10.7. The number of hydrogen-bond acceptors (Lipinski definition) is 5. The fraction of sp³-hybridized carbons (Fsp3) is 0.133. The molecule has 0 saturated carbocycles. The normalized spacial score (nSPS) is 10.4. The Kier molecular flexibility index (Phi) is 3.86. The van der Waals surface area contributed by atoms with Crippen LogP contribution in [0.25, 0.3) is 11.4 Å². The lowest BCUT2D eigenvalue weighted by molar-refractivity contribution is 0.0950. The standard InChI is InChI=1S/C15H14N6O/c1-21-14(18-19-20-21)11-5-4-6-12(9-11)15(22)17-10-13-7-2-3-8-16-13/h2-9H,10H2,1H3,(H,17,22). The summed E-state index contributed by atoms with van der Waals surface area (Å²) in [6.45, 7) is 0.384. The van der Waals surface area contributed by atoms with Gasteiger partial charge in [-0.15, -0.1) is 5.10 Å². The fourth-order valence-electron chi connectivity index (χ4n) is 2.05. The highest BCUT2D eigenvalue weighted by atomic mass is 16.1. The highest BCUT2D eigenvalue weighted by Gasteiger charge is 2.10. The van der Waals surface area contributed by atoms with Crippen LogP contribution in [0.3, 0.4) is 0 Å². The maximum atomic E-state index is 12.2. The van der Waals surface area contributed by atoms with Crippen molar-refractivity contribution >= 4 is 5.91 Å². The minimum absolute atomic E-state index is 0.164. The zero-order valence-electron chi connectivity index (χ0n) is 12.0. The predicted octanol–water partition coefficient (Wildman–Crippen LogP) is 1.20. The van der Waals surface area contributed by atoms with Crippen molar-refractivity contribution in [1.82, 2.24) is 30.5 Å². The molecule has 3 aromatic rings. The van der Waals surface area contributed by atoms with E-state index in [4.69, 9.17) is 0 Å². The molecular formula is C15H14N6O. The Morgan fingerprint density at radius 1 is 1.23 bits per heavy atom. The van der Waals surface area contributed by atoms with Gasteiger partial charge >= 0.3 is 0 Å². The molecule has 7 nitrogen and oxygen atoms in total. The quantitative estimate of drug-likeness (QED) is 0.781. The van der Waals surface area contributed by atoms with Crippen LogP contribution in [0.15, 0.2) is 48.7 Å². The largest absolute Gasteiger partial charge is 0.346 e. The van der Waals surface area contributed by atoms with Crippen LogP contribution in [-0.2, 0) is 13.6 Å². The first kappa shape index (κ1) is 13.9. The van der Waals surface area contributed by atoms with E-state index in [2.05, 4.69) is 25.8 Å². The van der Waals surface area contributed by atoms with Crippen LogP contribution in [0.5, 0.6) is 0 Å². The molecule has 0 fully saturated rings. The van der Waals surface area contributed by atoms with Crippen LogP contribution in [-0.4, -0.2) is 31.1 Å². The van der Waals surface area contributed by atoms with Gasteiger partial charge in [0, 0.05) is 24.4 Å². The van der Waals surface area contributed by atoms with E-state index >= 15 is 0 Å². The first-order valence-electron chi connectivity index (χ1n) is 6.75. The Hall–Kier alpha value is -3.09. The van der Waals surface area contributed by atoms with Crippen LogP contribution in [0.2, 0.25) is 0 Å². The lowest BCUT2D eigenvalue weighted by Gasteiger charge is -2.06. The van der Waals surface area contributed by atoms with E-state index in [1.54, 1.807) is 36.1 Å². The summed E-state index contributed by atoms with van der Waals surface area (Å²) >= 11 is 0. The highest BCUT2D eigenvalue weighted by molar-refractivity contribution is 5.95. The lowest BCUT2D eigenvalue weighted by atomic mass is 10.1. The van der Waals surface area contributed by atoms with Crippen molar-refractivity contribution in [3.63, 3.8) is 0 Å². The average molecular weight is 294 g/mol. The van der Waals surface area contributed by atoms with Crippen molar-refractivity contribution in [3.8, 4) is 11.4 Å². The number of aromatic nitrogens is 5. The number of nitrogens with zero attached hydrogens (tertiary/aromatic N) is 5. The van der Waals surface area contributed by atoms with Gasteiger partial charge in [-0.3, -0.25) is 9.78 Å². The Bertz CT molecular complexity index is 783. The molecule has 0 unspecified atom stereocenters. The maximum absolute atomic E-state index is 12.2. The number of rotatable bonds is 4. The highest BCUT2D eigenvalue weighted by Crippen LogP contribution is 2.16. The molecule has 1 N–H and O–H groups in total. The van der Waals surface area contributed by atoms with E-state index in [9.17, 15) is 4.79 Å². The molecule has 1 aromatic carbocycles. The Morgan fingerprint density at radius 3 is 2.86 bits per heavy atom. The van der Waals surface area contributed by atoms with Gasteiger partial charge in [-0.25, -0.2) is 4.68 Å². The second-order valence-electron chi connectivity index (χ2n) is 4.71. The van der Waals surface area contributed by atoms with Crippen LogP contribution >= 0.6 is 0 Å². The molecule has 22 heavy (non-hydrogen) atoms. The van der Waals surface area contributed by atoms with Gasteiger partial charge in [0.1, 0.15) is 0 Å². The van der Waals surface area contributed by atoms with Gasteiger partial charge in [0.05, 0.1) is 12.2 Å². The third-order valence-corrected chi connectivity index (χ3v) is 3.16. The topological polar surface area (TPSA) is 85.6 Å². The fourth-order valence-corrected chi connectivity index (χ4v) is 2.05. The zero-order chi connectivity index (χ0) is 15.4. The molecule has 0 bridgehead atoms. The molecule has 2 aromatic heterocycles. The van der Waals surface area contributed by atoms with Gasteiger partial charge in [-0.1, -0.05) is 18.2 Å². The second-order valence-corrected chi connectivity index (χ2v) is 4.71. The lowest BCUT2D eigenvalue weighted by Crippen LogP contribution is -2.23. The van der Waals surface area contributed by atoms with Gasteiger partial charge in [0.25, 0.3) is 5.91 Å². The maximum Gasteiger partial charge on any atom is 0.251 e. The molecule has 0 atom stereocenters. The van der Waals surface area contributed by atoms with Crippen molar-refractivity contribution in [2.24, 2.45) is 7.05 Å². The number of carbonyl (C=O) groups is 1. The summed E-state index contributed by atoms with van der Waals surface area (Å²) < 4.78 is 1.56. The Balaban J connectivity index is 1.75. The molecule has 3 rings (SSSR count). The molecule has 0 aliphatic carbocycles. The second kappa shape index (κ2) is 6.13. The molecule has 0 radical (unpaired) electrons. The average Bonchev–Trinajstić information content (AvgIpc) is 3.00. The molecule has 0 aliphatic heterocycles. The van der Waals surface area contributed by atoms with E-state index in [0.29, 0.717) is 17.9 Å². The van der Waals surface area contributed by atoms with E-state index < -0.39 is 0 Å². The monoisotopic (exact) mass is 294 g/mol. The SMILES string of the molecule is Cn1nnnc1-c1cccc(C(=O)NCc2ccccn2)c1. The summed E-state index contributed by atoms with van der Waals surface area (Å²) in [5.74, 6) is 0.446. The van der Waals surface area contributed by atoms with Crippen molar-refractivity contribution in [3.05, 3.63) is 59.9 Å². The van der Waals surface area contributed by atoms with Crippen LogP contribution in [0.4, 0.5) is 0 Å². The summed E-state index contributed by atoms with van der Waals surface area (Å²) in [5.41, 5.74) is 2.15. The summed E-state index contributed by atoms with van der Waals surface area (Å²) in [5, 5.41) is 14.2. The van der Waals surface area contributed by atoms with Crippen LogP contribution < -0.4 is 5.32 Å². The molecule has 7 heteroatoms. The van der Waals surface area contributed by atoms with E-state index in [1.165, 1.54) is 0 Å². The third kappa shape index (κ3) is 2.98. The smallest absolute Gasteiger partial charge is 0.251 e. The molecule has 0 aliphatic rings. The number of benzene rings is 1. The van der Waals surface area contributed by atoms with E-state index in [0.717, 1.165) is 11.3 Å². The molecule has 110 valence electrons. The molecule has 0 spiro atoms. The van der Waals surface area contributed by atoms with Crippen LogP contribution in [0.1, 0.15) is 16.1 Å². The summed E-state index contributed by atoms with van der Waals surface area (Å²) in [4.78, 5) is 16.4. The first-order valence-corrected chi connectivity index (χ1v) is 6.75. The number of carbonyl (C=O) groups excluding carboxylic acids is 1. The summed E-state index contributed by atoms with van der Waals surface area (Å²) in [6.07, 6.45) is 1.70. The van der Waals surface area contributed by atoms with Crippen LogP contribution in [0, 0.1) is 0 Å². The van der Waals surface area contributed by atoms with Gasteiger partial charge in [-0.05, 0) is 34.7 Å². The number of amides is 1. The molecular weight excluding hydrogens is 280 g/mol. The summed E-state index contributed by atoms with van der Waals surface area (Å²) in [7, 11) is 1.75. The third-order valence-electron chi connectivity index (χ3n) is 3.16. The Morgan fingerprint density at radius 2 is 2.14 bits per heavy atom. The molecule has 2 heterocycles. The number of hydrogen-bond donors (Lipinski definition) is 1. The number of nitrogens with one attached hydrogen (secondary N) is 1. The van der Waals surface area contributed by atoms with Gasteiger partial charge < -0.3 is 5.32 Å². The number of pyridine rings is 1. The number of tetrazole rings is 1. The van der Waals surface area contributed by atoms with Gasteiger partial charge in [-0.2, -0.15) is 0 Å². The van der Waals surface area contributed by atoms with Gasteiger partial charge in [0.15, 0.2) is 5.82 Å². The summed E-state index contributed by atoms with van der Waals surface area (Å²) in [6, 6.07) is 12.8. The zero-order valence-corrected chi connectivity index (χ0v) is 12.0.